The first-order valence-electron chi connectivity index (χ1n) is 6.42. The van der Waals surface area contributed by atoms with Gasteiger partial charge in [0.2, 0.25) is 5.88 Å². The van der Waals surface area contributed by atoms with Gasteiger partial charge in [-0.3, -0.25) is 4.98 Å². The fraction of sp³-hybridized carbons (Fsp3) is 0.333. The number of nitrogens with zero attached hydrogens (tertiary/aromatic N) is 2. The lowest BCUT2D eigenvalue weighted by atomic mass is 10.2. The lowest BCUT2D eigenvalue weighted by Crippen LogP contribution is -2.21. The van der Waals surface area contributed by atoms with Crippen molar-refractivity contribution in [3.05, 3.63) is 47.9 Å². The summed E-state index contributed by atoms with van der Waals surface area (Å²) in [4.78, 5) is 8.46. The van der Waals surface area contributed by atoms with Gasteiger partial charge in [-0.2, -0.15) is 0 Å². The Labute approximate surface area is 113 Å². The average molecular weight is 257 g/mol. The first kappa shape index (κ1) is 13.5. The molecule has 0 aliphatic rings. The average Bonchev–Trinajstić information content (AvgIpc) is 2.40. The van der Waals surface area contributed by atoms with E-state index in [-0.39, 0.29) is 0 Å². The second-order valence-corrected chi connectivity index (χ2v) is 4.78. The van der Waals surface area contributed by atoms with Crippen LogP contribution < -0.4 is 10.1 Å². The molecule has 100 valence electrons. The summed E-state index contributed by atoms with van der Waals surface area (Å²) >= 11 is 0. The van der Waals surface area contributed by atoms with Crippen molar-refractivity contribution < 1.29 is 4.74 Å². The molecule has 0 saturated heterocycles. The molecular formula is C15H19N3O. The van der Waals surface area contributed by atoms with Crippen molar-refractivity contribution >= 4 is 0 Å². The molecule has 0 amide bonds. The summed E-state index contributed by atoms with van der Waals surface area (Å²) in [5, 5.41) is 3.35. The number of pyridine rings is 2. The summed E-state index contributed by atoms with van der Waals surface area (Å²) in [5.41, 5.74) is 2.11. The van der Waals surface area contributed by atoms with Crippen molar-refractivity contribution in [3.8, 4) is 11.6 Å². The van der Waals surface area contributed by atoms with Crippen LogP contribution in [0.1, 0.15) is 25.1 Å². The minimum Gasteiger partial charge on any atom is -0.437 e. The number of ether oxygens (including phenoxy) is 1. The predicted molar refractivity (Wildman–Crippen MR) is 75.3 cm³/mol. The van der Waals surface area contributed by atoms with Crippen LogP contribution in [-0.2, 0) is 6.54 Å². The Balaban J connectivity index is 1.96. The Bertz CT molecular complexity index is 506. The third-order valence-electron chi connectivity index (χ3n) is 2.62. The number of rotatable bonds is 5. The van der Waals surface area contributed by atoms with Crippen molar-refractivity contribution in [2.24, 2.45) is 0 Å². The van der Waals surface area contributed by atoms with Crippen LogP contribution in [0.4, 0.5) is 0 Å². The van der Waals surface area contributed by atoms with Gasteiger partial charge in [0, 0.05) is 30.5 Å². The van der Waals surface area contributed by atoms with Crippen LogP contribution in [0.3, 0.4) is 0 Å². The highest BCUT2D eigenvalue weighted by Gasteiger charge is 2.00. The molecule has 4 nitrogen and oxygen atoms in total. The fourth-order valence-electron chi connectivity index (χ4n) is 1.53. The molecule has 4 heteroatoms. The molecule has 2 aromatic rings. The van der Waals surface area contributed by atoms with Crippen molar-refractivity contribution in [1.82, 2.24) is 15.3 Å². The van der Waals surface area contributed by atoms with Crippen molar-refractivity contribution in [1.29, 1.82) is 0 Å². The Morgan fingerprint density at radius 2 is 1.95 bits per heavy atom. The highest BCUT2D eigenvalue weighted by molar-refractivity contribution is 5.26. The smallest absolute Gasteiger partial charge is 0.219 e. The third kappa shape index (κ3) is 4.34. The number of nitrogens with one attached hydrogen (secondary N) is 1. The molecule has 0 unspecified atom stereocenters. The Hall–Kier alpha value is -1.94. The van der Waals surface area contributed by atoms with E-state index in [2.05, 4.69) is 29.1 Å². The van der Waals surface area contributed by atoms with Crippen LogP contribution in [0.25, 0.3) is 0 Å². The minimum atomic E-state index is 0.467. The highest BCUT2D eigenvalue weighted by Crippen LogP contribution is 2.18. The van der Waals surface area contributed by atoms with Crippen molar-refractivity contribution in [2.75, 3.05) is 0 Å². The first-order valence-corrected chi connectivity index (χ1v) is 6.42. The highest BCUT2D eigenvalue weighted by atomic mass is 16.5. The fourth-order valence-corrected chi connectivity index (χ4v) is 1.53. The SMILES string of the molecule is Cc1ccc(Oc2ccc(CNC(C)C)cn2)cn1. The topological polar surface area (TPSA) is 47.0 Å². The van der Waals surface area contributed by atoms with Gasteiger partial charge in [0.15, 0.2) is 0 Å². The van der Waals surface area contributed by atoms with Gasteiger partial charge in [-0.05, 0) is 24.6 Å². The molecule has 0 bridgehead atoms. The van der Waals surface area contributed by atoms with E-state index in [9.17, 15) is 0 Å². The zero-order valence-corrected chi connectivity index (χ0v) is 11.6. The van der Waals surface area contributed by atoms with E-state index in [4.69, 9.17) is 4.74 Å². The van der Waals surface area contributed by atoms with Gasteiger partial charge in [-0.15, -0.1) is 0 Å². The third-order valence-corrected chi connectivity index (χ3v) is 2.62. The molecule has 0 fully saturated rings. The minimum absolute atomic E-state index is 0.467. The summed E-state index contributed by atoms with van der Waals surface area (Å²) in [6, 6.07) is 8.15. The maximum Gasteiger partial charge on any atom is 0.219 e. The molecule has 2 aromatic heterocycles. The molecule has 0 atom stereocenters. The molecule has 0 radical (unpaired) electrons. The first-order chi connectivity index (χ1) is 9.13. The van der Waals surface area contributed by atoms with E-state index in [1.54, 1.807) is 6.20 Å². The van der Waals surface area contributed by atoms with E-state index in [0.29, 0.717) is 17.7 Å². The molecule has 2 rings (SSSR count). The number of aromatic nitrogens is 2. The lowest BCUT2D eigenvalue weighted by molar-refractivity contribution is 0.459. The molecule has 0 aromatic carbocycles. The van der Waals surface area contributed by atoms with Gasteiger partial charge in [0.1, 0.15) is 5.75 Å². The van der Waals surface area contributed by atoms with Gasteiger partial charge in [-0.1, -0.05) is 19.9 Å². The van der Waals surface area contributed by atoms with Crippen LogP contribution in [0.2, 0.25) is 0 Å². The lowest BCUT2D eigenvalue weighted by Gasteiger charge is -2.08. The largest absolute Gasteiger partial charge is 0.437 e. The standard InChI is InChI=1S/C15H19N3O/c1-11(2)16-8-13-5-7-15(18-9-13)19-14-6-4-12(3)17-10-14/h4-7,9-11,16H,8H2,1-3H3. The number of aryl methyl sites for hydroxylation is 1. The number of hydrogen-bond acceptors (Lipinski definition) is 4. The summed E-state index contributed by atoms with van der Waals surface area (Å²) in [6.07, 6.45) is 3.53. The Morgan fingerprint density at radius 1 is 1.11 bits per heavy atom. The summed E-state index contributed by atoms with van der Waals surface area (Å²) in [6.45, 7) is 7.00. The van der Waals surface area contributed by atoms with Gasteiger partial charge in [0.25, 0.3) is 0 Å². The van der Waals surface area contributed by atoms with Crippen LogP contribution in [0, 0.1) is 6.92 Å². The van der Waals surface area contributed by atoms with Crippen LogP contribution in [0.15, 0.2) is 36.7 Å². The number of hydrogen-bond donors (Lipinski definition) is 1. The van der Waals surface area contributed by atoms with Gasteiger partial charge >= 0.3 is 0 Å². The molecule has 0 spiro atoms. The van der Waals surface area contributed by atoms with E-state index in [0.717, 1.165) is 17.8 Å². The summed E-state index contributed by atoms with van der Waals surface area (Å²) < 4.78 is 5.62. The molecule has 1 N–H and O–H groups in total. The summed E-state index contributed by atoms with van der Waals surface area (Å²) in [7, 11) is 0. The predicted octanol–water partition coefficient (Wildman–Crippen LogP) is 3.08. The van der Waals surface area contributed by atoms with Crippen molar-refractivity contribution in [3.63, 3.8) is 0 Å². The van der Waals surface area contributed by atoms with E-state index >= 15 is 0 Å². The molecule has 0 saturated carbocycles. The van der Waals surface area contributed by atoms with E-state index < -0.39 is 0 Å². The second-order valence-electron chi connectivity index (χ2n) is 4.78. The van der Waals surface area contributed by atoms with Gasteiger partial charge in [-0.25, -0.2) is 4.98 Å². The van der Waals surface area contributed by atoms with E-state index in [1.807, 2.05) is 37.4 Å². The molecule has 0 aliphatic carbocycles. The monoisotopic (exact) mass is 257 g/mol. The maximum absolute atomic E-state index is 5.62. The normalized spacial score (nSPS) is 10.7. The summed E-state index contributed by atoms with van der Waals surface area (Å²) in [5.74, 6) is 1.28. The molecule has 19 heavy (non-hydrogen) atoms. The van der Waals surface area contributed by atoms with Crippen molar-refractivity contribution in [2.45, 2.75) is 33.4 Å². The molecule has 2 heterocycles. The maximum atomic E-state index is 5.62. The van der Waals surface area contributed by atoms with Gasteiger partial charge in [0.05, 0.1) is 6.20 Å². The van der Waals surface area contributed by atoms with Crippen LogP contribution in [-0.4, -0.2) is 16.0 Å². The Kier molecular flexibility index (Phi) is 4.47. The van der Waals surface area contributed by atoms with Crippen LogP contribution >= 0.6 is 0 Å². The zero-order chi connectivity index (χ0) is 13.7. The molecular weight excluding hydrogens is 238 g/mol. The van der Waals surface area contributed by atoms with Crippen LogP contribution in [0.5, 0.6) is 11.6 Å². The second kappa shape index (κ2) is 6.29. The van der Waals surface area contributed by atoms with E-state index in [1.165, 1.54) is 0 Å². The van der Waals surface area contributed by atoms with Gasteiger partial charge < -0.3 is 10.1 Å². The zero-order valence-electron chi connectivity index (χ0n) is 11.6. The Morgan fingerprint density at radius 3 is 2.53 bits per heavy atom. The quantitative estimate of drug-likeness (QED) is 0.894. The molecule has 0 aliphatic heterocycles.